The monoisotopic (exact) mass is 474 g/mol. The van der Waals surface area contributed by atoms with E-state index >= 15 is 0 Å². The smallest absolute Gasteiger partial charge is 0.416 e. The lowest BCUT2D eigenvalue weighted by Gasteiger charge is -2.22. The number of carbonyl (C=O) groups is 1. The summed E-state index contributed by atoms with van der Waals surface area (Å²) < 4.78 is 32.7. The normalized spacial score (nSPS) is 17.6. The minimum Gasteiger partial charge on any atom is -0.447 e. The first-order chi connectivity index (χ1) is 15.7. The van der Waals surface area contributed by atoms with Crippen LogP contribution in [0.25, 0.3) is 11.1 Å². The molecule has 3 aromatic rings. The molecule has 0 saturated carbocycles. The summed E-state index contributed by atoms with van der Waals surface area (Å²) in [6, 6.07) is 4.89. The second-order valence-corrected chi connectivity index (χ2v) is 8.06. The third-order valence-electron chi connectivity index (χ3n) is 5.29. The summed E-state index contributed by atoms with van der Waals surface area (Å²) in [5, 5.41) is 3.13. The topological polar surface area (TPSA) is 93.1 Å². The standard InChI is InChI=1S/C22H21ClF2N6O2/c1-11(24)18-10-33-22(32)31(18)19-6-7-26-21(30-19)29-13(3)20-27-9-15(12(2)28-20)14-4-5-16(23)17(25)8-14/h4-9,11,13,18H,10H2,1-3H3,(H,26,29,30)/t11-,13-,18?/m0/s1. The van der Waals surface area contributed by atoms with Crippen LogP contribution in [0.2, 0.25) is 5.02 Å². The first-order valence-electron chi connectivity index (χ1n) is 10.2. The number of ether oxygens (including phenoxy) is 1. The van der Waals surface area contributed by atoms with Gasteiger partial charge in [-0.2, -0.15) is 4.98 Å². The van der Waals surface area contributed by atoms with Crippen LogP contribution >= 0.6 is 11.6 Å². The fraction of sp³-hybridized carbons (Fsp3) is 0.318. The molecule has 2 aromatic heterocycles. The average molecular weight is 475 g/mol. The van der Waals surface area contributed by atoms with E-state index in [1.807, 2.05) is 6.92 Å². The van der Waals surface area contributed by atoms with Gasteiger partial charge in [0, 0.05) is 23.7 Å². The fourth-order valence-electron chi connectivity index (χ4n) is 3.49. The minimum absolute atomic E-state index is 0.0449. The second-order valence-electron chi connectivity index (χ2n) is 7.65. The molecule has 1 aliphatic rings. The van der Waals surface area contributed by atoms with Gasteiger partial charge in [-0.25, -0.2) is 28.5 Å². The maximum atomic E-state index is 13.9. The zero-order chi connectivity index (χ0) is 23.7. The average Bonchev–Trinajstić information content (AvgIpc) is 3.17. The summed E-state index contributed by atoms with van der Waals surface area (Å²) in [6.45, 7) is 4.94. The number of benzene rings is 1. The SMILES string of the molecule is Cc1nc([C@H](C)Nc2nccc(N3C(=O)OCC3[C@H](C)F)n2)ncc1-c1ccc(Cl)c(F)c1. The highest BCUT2D eigenvalue weighted by molar-refractivity contribution is 6.30. The van der Waals surface area contributed by atoms with Gasteiger partial charge in [0.1, 0.15) is 30.5 Å². The van der Waals surface area contributed by atoms with Crippen molar-refractivity contribution in [2.45, 2.75) is 39.0 Å². The van der Waals surface area contributed by atoms with Crippen molar-refractivity contribution in [2.24, 2.45) is 0 Å². The van der Waals surface area contributed by atoms with Crippen molar-refractivity contribution in [3.8, 4) is 11.1 Å². The molecular formula is C22H21ClF2N6O2. The highest BCUT2D eigenvalue weighted by atomic mass is 35.5. The molecule has 1 unspecified atom stereocenters. The number of hydrogen-bond acceptors (Lipinski definition) is 7. The van der Waals surface area contributed by atoms with Crippen LogP contribution in [0.4, 0.5) is 25.3 Å². The van der Waals surface area contributed by atoms with Crippen LogP contribution < -0.4 is 10.2 Å². The largest absolute Gasteiger partial charge is 0.447 e. The Bertz CT molecular complexity index is 1200. The van der Waals surface area contributed by atoms with Gasteiger partial charge in [0.05, 0.1) is 11.1 Å². The molecule has 1 aliphatic heterocycles. The summed E-state index contributed by atoms with van der Waals surface area (Å²) in [6.07, 6.45) is 1.14. The molecule has 8 nitrogen and oxygen atoms in total. The lowest BCUT2D eigenvalue weighted by atomic mass is 10.1. The van der Waals surface area contributed by atoms with E-state index in [0.29, 0.717) is 22.6 Å². The number of halogens is 3. The van der Waals surface area contributed by atoms with Crippen LogP contribution in [-0.2, 0) is 4.74 Å². The fourth-order valence-corrected chi connectivity index (χ4v) is 3.61. The zero-order valence-electron chi connectivity index (χ0n) is 18.1. The summed E-state index contributed by atoms with van der Waals surface area (Å²) in [7, 11) is 0. The lowest BCUT2D eigenvalue weighted by molar-refractivity contribution is 0.174. The van der Waals surface area contributed by atoms with Gasteiger partial charge < -0.3 is 10.1 Å². The Morgan fingerprint density at radius 2 is 2.03 bits per heavy atom. The van der Waals surface area contributed by atoms with Gasteiger partial charge >= 0.3 is 6.09 Å². The Labute approximate surface area is 194 Å². The summed E-state index contributed by atoms with van der Waals surface area (Å²) in [4.78, 5) is 30.7. The van der Waals surface area contributed by atoms with Crippen molar-refractivity contribution < 1.29 is 18.3 Å². The third kappa shape index (κ3) is 4.70. The number of carbonyl (C=O) groups excluding carboxylic acids is 1. The molecule has 4 rings (SSSR count). The molecule has 3 heterocycles. The van der Waals surface area contributed by atoms with Crippen LogP contribution in [0.15, 0.2) is 36.7 Å². The van der Waals surface area contributed by atoms with E-state index < -0.39 is 30.2 Å². The Morgan fingerprint density at radius 3 is 2.73 bits per heavy atom. The Morgan fingerprint density at radius 1 is 1.24 bits per heavy atom. The molecule has 1 amide bonds. The lowest BCUT2D eigenvalue weighted by Crippen LogP contribution is -2.39. The Balaban J connectivity index is 1.53. The van der Waals surface area contributed by atoms with Gasteiger partial charge in [0.2, 0.25) is 5.95 Å². The number of hydrogen-bond donors (Lipinski definition) is 1. The maximum absolute atomic E-state index is 13.9. The van der Waals surface area contributed by atoms with E-state index in [2.05, 4.69) is 25.3 Å². The number of aryl methyl sites for hydroxylation is 1. The molecule has 0 bridgehead atoms. The number of nitrogens with zero attached hydrogens (tertiary/aromatic N) is 5. The second kappa shape index (κ2) is 9.22. The number of rotatable bonds is 6. The van der Waals surface area contributed by atoms with Gasteiger partial charge in [-0.3, -0.25) is 4.90 Å². The molecule has 0 radical (unpaired) electrons. The van der Waals surface area contributed by atoms with Gasteiger partial charge in [-0.15, -0.1) is 0 Å². The molecule has 1 saturated heterocycles. The number of cyclic esters (lactones) is 1. The van der Waals surface area contributed by atoms with Crippen LogP contribution in [-0.4, -0.2) is 44.8 Å². The number of alkyl halides is 1. The van der Waals surface area contributed by atoms with Crippen molar-refractivity contribution in [3.63, 3.8) is 0 Å². The van der Waals surface area contributed by atoms with E-state index in [0.717, 1.165) is 0 Å². The summed E-state index contributed by atoms with van der Waals surface area (Å²) in [5.41, 5.74) is 1.95. The zero-order valence-corrected chi connectivity index (χ0v) is 18.8. The molecule has 11 heteroatoms. The quantitative estimate of drug-likeness (QED) is 0.543. The molecule has 1 aromatic carbocycles. The summed E-state index contributed by atoms with van der Waals surface area (Å²) in [5.74, 6) is 0.399. The van der Waals surface area contributed by atoms with E-state index in [4.69, 9.17) is 16.3 Å². The van der Waals surface area contributed by atoms with Crippen LogP contribution in [0, 0.1) is 12.7 Å². The van der Waals surface area contributed by atoms with Gasteiger partial charge in [0.25, 0.3) is 0 Å². The van der Waals surface area contributed by atoms with E-state index in [-0.39, 0.29) is 23.4 Å². The van der Waals surface area contributed by atoms with Gasteiger partial charge in [-0.1, -0.05) is 17.7 Å². The molecule has 1 N–H and O–H groups in total. The van der Waals surface area contributed by atoms with Crippen molar-refractivity contribution in [1.82, 2.24) is 19.9 Å². The van der Waals surface area contributed by atoms with E-state index in [9.17, 15) is 13.6 Å². The first-order valence-corrected chi connectivity index (χ1v) is 10.6. The van der Waals surface area contributed by atoms with Crippen molar-refractivity contribution in [1.29, 1.82) is 0 Å². The van der Waals surface area contributed by atoms with Crippen LogP contribution in [0.1, 0.15) is 31.4 Å². The highest BCUT2D eigenvalue weighted by Gasteiger charge is 2.39. The molecule has 1 fully saturated rings. The maximum Gasteiger partial charge on any atom is 0.416 e. The molecule has 0 aliphatic carbocycles. The number of anilines is 2. The number of amides is 1. The molecular weight excluding hydrogens is 454 g/mol. The van der Waals surface area contributed by atoms with E-state index in [1.54, 1.807) is 19.2 Å². The van der Waals surface area contributed by atoms with Crippen LogP contribution in [0.5, 0.6) is 0 Å². The van der Waals surface area contributed by atoms with Crippen molar-refractivity contribution in [3.05, 3.63) is 59.0 Å². The van der Waals surface area contributed by atoms with E-state index in [1.165, 1.54) is 36.2 Å². The molecule has 33 heavy (non-hydrogen) atoms. The minimum atomic E-state index is -1.29. The number of aromatic nitrogens is 4. The van der Waals surface area contributed by atoms with Gasteiger partial charge in [0.15, 0.2) is 5.82 Å². The summed E-state index contributed by atoms with van der Waals surface area (Å²) >= 11 is 5.76. The number of nitrogens with one attached hydrogen (secondary N) is 1. The van der Waals surface area contributed by atoms with Gasteiger partial charge in [-0.05, 0) is 44.5 Å². The highest BCUT2D eigenvalue weighted by Crippen LogP contribution is 2.28. The predicted octanol–water partition coefficient (Wildman–Crippen LogP) is 4.89. The third-order valence-corrected chi connectivity index (χ3v) is 5.59. The molecule has 0 spiro atoms. The molecule has 3 atom stereocenters. The van der Waals surface area contributed by atoms with Crippen LogP contribution in [0.3, 0.4) is 0 Å². The Hall–Kier alpha value is -3.40. The molecule has 172 valence electrons. The predicted molar refractivity (Wildman–Crippen MR) is 119 cm³/mol. The van der Waals surface area contributed by atoms with Crippen molar-refractivity contribution >= 4 is 29.5 Å². The Kier molecular flexibility index (Phi) is 6.37. The van der Waals surface area contributed by atoms with Crippen molar-refractivity contribution in [2.75, 3.05) is 16.8 Å². The first kappa shape index (κ1) is 22.8.